The molecular formula is C19H21N3O4. The summed E-state index contributed by atoms with van der Waals surface area (Å²) in [5.41, 5.74) is 3.14. The van der Waals surface area contributed by atoms with Crippen molar-refractivity contribution in [2.75, 3.05) is 27.9 Å². The van der Waals surface area contributed by atoms with Crippen LogP contribution in [0.25, 0.3) is 16.9 Å². The first-order valence-corrected chi connectivity index (χ1v) is 8.13. The minimum atomic E-state index is -0.0184. The summed E-state index contributed by atoms with van der Waals surface area (Å²) < 4.78 is 17.7. The Labute approximate surface area is 151 Å². The molecule has 0 saturated heterocycles. The third-order valence-corrected chi connectivity index (χ3v) is 4.03. The maximum Gasteiger partial charge on any atom is 0.123 e. The third kappa shape index (κ3) is 3.48. The highest BCUT2D eigenvalue weighted by Gasteiger charge is 2.18. The van der Waals surface area contributed by atoms with Gasteiger partial charge in [-0.05, 0) is 36.4 Å². The van der Waals surface area contributed by atoms with Crippen molar-refractivity contribution >= 4 is 0 Å². The Morgan fingerprint density at radius 2 is 1.50 bits per heavy atom. The van der Waals surface area contributed by atoms with Crippen LogP contribution in [0.2, 0.25) is 0 Å². The van der Waals surface area contributed by atoms with Crippen molar-refractivity contribution in [3.63, 3.8) is 0 Å². The number of rotatable bonds is 7. The van der Waals surface area contributed by atoms with E-state index in [0.717, 1.165) is 22.7 Å². The van der Waals surface area contributed by atoms with Crippen molar-refractivity contribution in [1.82, 2.24) is 15.0 Å². The molecule has 0 saturated carbocycles. The van der Waals surface area contributed by atoms with Crippen molar-refractivity contribution in [3.8, 4) is 34.2 Å². The second kappa shape index (κ2) is 7.88. The fraction of sp³-hybridized carbons (Fsp3) is 0.263. The summed E-state index contributed by atoms with van der Waals surface area (Å²) in [5, 5.41) is 17.9. The lowest BCUT2D eigenvalue weighted by molar-refractivity contribution is 0.298. The third-order valence-electron chi connectivity index (χ3n) is 4.03. The lowest BCUT2D eigenvalue weighted by atomic mass is 10.1. The molecule has 0 bridgehead atoms. The van der Waals surface area contributed by atoms with Crippen molar-refractivity contribution < 1.29 is 19.3 Å². The van der Waals surface area contributed by atoms with Crippen molar-refractivity contribution in [3.05, 3.63) is 48.2 Å². The highest BCUT2D eigenvalue weighted by molar-refractivity contribution is 5.68. The van der Waals surface area contributed by atoms with E-state index in [4.69, 9.17) is 14.2 Å². The predicted octanol–water partition coefficient (Wildman–Crippen LogP) is 2.49. The Bertz CT molecular complexity index is 853. The predicted molar refractivity (Wildman–Crippen MR) is 97.2 cm³/mol. The number of aliphatic hydroxyl groups is 1. The molecule has 1 N–H and O–H groups in total. The SMILES string of the molecule is COc1ccc(-n2nnc(CCO)c2-c2cc(OC)cc(OC)c2)cc1. The van der Waals surface area contributed by atoms with Gasteiger partial charge in [0.25, 0.3) is 0 Å². The number of benzene rings is 2. The quantitative estimate of drug-likeness (QED) is 0.701. The Morgan fingerprint density at radius 3 is 2.04 bits per heavy atom. The highest BCUT2D eigenvalue weighted by Crippen LogP contribution is 2.32. The van der Waals surface area contributed by atoms with E-state index in [-0.39, 0.29) is 6.61 Å². The van der Waals surface area contributed by atoms with Crippen LogP contribution < -0.4 is 14.2 Å². The normalized spacial score (nSPS) is 10.6. The van der Waals surface area contributed by atoms with Gasteiger partial charge in [0.2, 0.25) is 0 Å². The molecule has 0 aliphatic carbocycles. The molecule has 136 valence electrons. The van der Waals surface area contributed by atoms with Gasteiger partial charge in [-0.15, -0.1) is 5.10 Å². The van der Waals surface area contributed by atoms with Gasteiger partial charge in [-0.2, -0.15) is 0 Å². The number of nitrogens with zero attached hydrogens (tertiary/aromatic N) is 3. The molecular weight excluding hydrogens is 334 g/mol. The Balaban J connectivity index is 2.16. The van der Waals surface area contributed by atoms with Crippen LogP contribution >= 0.6 is 0 Å². The van der Waals surface area contributed by atoms with Gasteiger partial charge < -0.3 is 19.3 Å². The van der Waals surface area contributed by atoms with Crippen molar-refractivity contribution in [2.45, 2.75) is 6.42 Å². The number of aromatic nitrogens is 3. The van der Waals surface area contributed by atoms with Crippen molar-refractivity contribution in [2.24, 2.45) is 0 Å². The largest absolute Gasteiger partial charge is 0.497 e. The van der Waals surface area contributed by atoms with Gasteiger partial charge in [-0.1, -0.05) is 5.21 Å². The van der Waals surface area contributed by atoms with E-state index < -0.39 is 0 Å². The summed E-state index contributed by atoms with van der Waals surface area (Å²) in [4.78, 5) is 0. The van der Waals surface area contributed by atoms with Crippen LogP contribution in [0.5, 0.6) is 17.2 Å². The Kier molecular flexibility index (Phi) is 5.38. The Hall–Kier alpha value is -3.06. The van der Waals surface area contributed by atoms with E-state index >= 15 is 0 Å². The maximum atomic E-state index is 9.40. The molecule has 0 aliphatic heterocycles. The van der Waals surface area contributed by atoms with Crippen LogP contribution in [-0.4, -0.2) is 48.0 Å². The number of aliphatic hydroxyl groups excluding tert-OH is 1. The van der Waals surface area contributed by atoms with Gasteiger partial charge in [0.15, 0.2) is 0 Å². The summed E-state index contributed by atoms with van der Waals surface area (Å²) in [7, 11) is 4.83. The molecule has 0 aliphatic rings. The summed E-state index contributed by atoms with van der Waals surface area (Å²) in [6.07, 6.45) is 0.394. The molecule has 1 heterocycles. The zero-order valence-electron chi connectivity index (χ0n) is 15.0. The summed E-state index contributed by atoms with van der Waals surface area (Å²) in [6.45, 7) is -0.0184. The molecule has 1 aromatic heterocycles. The van der Waals surface area contributed by atoms with Gasteiger partial charge in [-0.25, -0.2) is 4.68 Å². The van der Waals surface area contributed by atoms with Gasteiger partial charge >= 0.3 is 0 Å². The van der Waals surface area contributed by atoms with E-state index in [1.807, 2.05) is 36.4 Å². The number of hydrogen-bond donors (Lipinski definition) is 1. The average molecular weight is 355 g/mol. The van der Waals surface area contributed by atoms with Gasteiger partial charge in [0, 0.05) is 24.7 Å². The molecule has 26 heavy (non-hydrogen) atoms. The fourth-order valence-corrected chi connectivity index (χ4v) is 2.72. The zero-order valence-corrected chi connectivity index (χ0v) is 15.0. The lowest BCUT2D eigenvalue weighted by Gasteiger charge is -2.12. The first-order chi connectivity index (χ1) is 12.7. The molecule has 0 unspecified atom stereocenters. The van der Waals surface area contributed by atoms with Crippen LogP contribution in [-0.2, 0) is 6.42 Å². The highest BCUT2D eigenvalue weighted by atomic mass is 16.5. The maximum absolute atomic E-state index is 9.40. The van der Waals surface area contributed by atoms with E-state index in [1.54, 1.807) is 32.1 Å². The fourth-order valence-electron chi connectivity index (χ4n) is 2.72. The molecule has 3 rings (SSSR count). The van der Waals surface area contributed by atoms with Gasteiger partial charge in [0.1, 0.15) is 17.2 Å². The summed E-state index contributed by atoms with van der Waals surface area (Å²) in [6, 6.07) is 13.1. The molecule has 0 radical (unpaired) electrons. The van der Waals surface area contributed by atoms with Crippen LogP contribution in [0.1, 0.15) is 5.69 Å². The van der Waals surface area contributed by atoms with Gasteiger partial charge in [0.05, 0.1) is 38.4 Å². The lowest BCUT2D eigenvalue weighted by Crippen LogP contribution is -2.02. The van der Waals surface area contributed by atoms with E-state index in [2.05, 4.69) is 10.3 Å². The zero-order chi connectivity index (χ0) is 18.5. The van der Waals surface area contributed by atoms with Crippen molar-refractivity contribution in [1.29, 1.82) is 0 Å². The minimum absolute atomic E-state index is 0.0184. The smallest absolute Gasteiger partial charge is 0.123 e. The average Bonchev–Trinajstić information content (AvgIpc) is 3.11. The molecule has 2 aromatic carbocycles. The molecule has 0 fully saturated rings. The molecule has 7 heteroatoms. The molecule has 0 atom stereocenters. The van der Waals surface area contributed by atoms with E-state index in [0.29, 0.717) is 23.6 Å². The van der Waals surface area contributed by atoms with E-state index in [1.165, 1.54) is 0 Å². The molecule has 3 aromatic rings. The van der Waals surface area contributed by atoms with Crippen LogP contribution in [0, 0.1) is 0 Å². The standard InChI is InChI=1S/C19H21N3O4/c1-24-15-6-4-14(5-7-15)22-19(18(8-9-23)20-21-22)13-10-16(25-2)12-17(11-13)26-3/h4-7,10-12,23H,8-9H2,1-3H3. The van der Waals surface area contributed by atoms with Gasteiger partial charge in [-0.3, -0.25) is 0 Å². The minimum Gasteiger partial charge on any atom is -0.497 e. The molecule has 7 nitrogen and oxygen atoms in total. The van der Waals surface area contributed by atoms with Crippen LogP contribution in [0.15, 0.2) is 42.5 Å². The summed E-state index contributed by atoms with van der Waals surface area (Å²) >= 11 is 0. The topological polar surface area (TPSA) is 78.6 Å². The Morgan fingerprint density at radius 1 is 0.885 bits per heavy atom. The molecule has 0 amide bonds. The van der Waals surface area contributed by atoms with E-state index in [9.17, 15) is 5.11 Å². The number of hydrogen-bond acceptors (Lipinski definition) is 6. The van der Waals surface area contributed by atoms with Crippen LogP contribution in [0.4, 0.5) is 0 Å². The summed E-state index contributed by atoms with van der Waals surface area (Å²) in [5.74, 6) is 2.09. The monoisotopic (exact) mass is 355 g/mol. The number of ether oxygens (including phenoxy) is 3. The molecule has 0 spiro atoms. The second-order valence-corrected chi connectivity index (χ2v) is 5.57. The second-order valence-electron chi connectivity index (χ2n) is 5.57. The first-order valence-electron chi connectivity index (χ1n) is 8.13. The van der Waals surface area contributed by atoms with Crippen LogP contribution in [0.3, 0.4) is 0 Å². The first kappa shape index (κ1) is 17.8. The number of methoxy groups -OCH3 is 3.